The van der Waals surface area contributed by atoms with E-state index in [0.717, 1.165) is 15.8 Å². The number of hydrogen-bond acceptors (Lipinski definition) is 4. The first kappa shape index (κ1) is 19.1. The van der Waals surface area contributed by atoms with Crippen LogP contribution in [0.4, 0.5) is 10.5 Å². The maximum Gasteiger partial charge on any atom is 0.368 e. The van der Waals surface area contributed by atoms with Crippen molar-refractivity contribution in [3.05, 3.63) is 107 Å². The molecule has 8 heteroatoms. The maximum atomic E-state index is 12.7. The Morgan fingerprint density at radius 2 is 1.40 bits per heavy atom. The second-order valence-corrected chi connectivity index (χ2v) is 6.70. The van der Waals surface area contributed by atoms with E-state index >= 15 is 0 Å². The van der Waals surface area contributed by atoms with Gasteiger partial charge in [0.1, 0.15) is 0 Å². The van der Waals surface area contributed by atoms with Crippen molar-refractivity contribution < 1.29 is 4.79 Å². The maximum absolute atomic E-state index is 12.7. The molecule has 0 aliphatic rings. The summed E-state index contributed by atoms with van der Waals surface area (Å²) in [7, 11) is 1.53. The Bertz CT molecular complexity index is 1140. The molecule has 0 unspecified atom stereocenters. The Morgan fingerprint density at radius 1 is 0.833 bits per heavy atom. The number of amides is 2. The molecule has 0 saturated heterocycles. The number of nitrogens with zero attached hydrogens (tertiary/aromatic N) is 4. The van der Waals surface area contributed by atoms with Crippen molar-refractivity contribution >= 4 is 11.7 Å². The van der Waals surface area contributed by atoms with E-state index in [4.69, 9.17) is 0 Å². The van der Waals surface area contributed by atoms with E-state index in [0.29, 0.717) is 11.4 Å². The van der Waals surface area contributed by atoms with Crippen molar-refractivity contribution in [2.24, 2.45) is 7.05 Å². The molecule has 0 bridgehead atoms. The molecule has 0 aliphatic heterocycles. The molecule has 30 heavy (non-hydrogen) atoms. The first-order chi connectivity index (χ1) is 14.6. The number of hydrogen-bond donors (Lipinski definition) is 2. The van der Waals surface area contributed by atoms with Crippen LogP contribution in [-0.4, -0.2) is 25.8 Å². The van der Waals surface area contributed by atoms with Crippen LogP contribution in [0.25, 0.3) is 5.69 Å². The molecule has 150 valence electrons. The molecule has 2 N–H and O–H groups in total. The number of carbonyl (C=O) groups is 1. The molecule has 2 amide bonds. The predicted molar refractivity (Wildman–Crippen MR) is 113 cm³/mol. The van der Waals surface area contributed by atoms with Crippen molar-refractivity contribution in [2.75, 3.05) is 5.32 Å². The minimum Gasteiger partial charge on any atom is -0.327 e. The number of anilines is 1. The Kier molecular flexibility index (Phi) is 5.38. The van der Waals surface area contributed by atoms with Crippen molar-refractivity contribution in [3.8, 4) is 5.69 Å². The number of urea groups is 1. The highest BCUT2D eigenvalue weighted by molar-refractivity contribution is 5.89. The third-order valence-electron chi connectivity index (χ3n) is 4.63. The van der Waals surface area contributed by atoms with Crippen LogP contribution in [-0.2, 0) is 7.05 Å². The summed E-state index contributed by atoms with van der Waals surface area (Å²) in [6.45, 7) is 0. The van der Waals surface area contributed by atoms with Gasteiger partial charge in [-0.25, -0.2) is 9.59 Å². The van der Waals surface area contributed by atoms with E-state index in [1.54, 1.807) is 24.3 Å². The van der Waals surface area contributed by atoms with Crippen LogP contribution in [0.5, 0.6) is 0 Å². The van der Waals surface area contributed by atoms with Gasteiger partial charge >= 0.3 is 11.7 Å². The van der Waals surface area contributed by atoms with Gasteiger partial charge in [-0.15, -0.1) is 0 Å². The smallest absolute Gasteiger partial charge is 0.327 e. The minimum absolute atomic E-state index is 0.287. The molecule has 0 spiro atoms. The van der Waals surface area contributed by atoms with Gasteiger partial charge in [0.05, 0.1) is 11.7 Å². The van der Waals surface area contributed by atoms with Gasteiger partial charge in [0.25, 0.3) is 0 Å². The molecule has 8 nitrogen and oxygen atoms in total. The van der Waals surface area contributed by atoms with Crippen LogP contribution >= 0.6 is 0 Å². The molecule has 1 aromatic heterocycles. The van der Waals surface area contributed by atoms with E-state index in [-0.39, 0.29) is 17.8 Å². The van der Waals surface area contributed by atoms with Crippen LogP contribution < -0.4 is 16.3 Å². The van der Waals surface area contributed by atoms with Gasteiger partial charge in [-0.1, -0.05) is 60.7 Å². The Labute approximate surface area is 172 Å². The summed E-state index contributed by atoms with van der Waals surface area (Å²) in [4.78, 5) is 24.6. The van der Waals surface area contributed by atoms with Gasteiger partial charge in [0.2, 0.25) is 0 Å². The highest BCUT2D eigenvalue weighted by atomic mass is 16.2. The fraction of sp³-hybridized carbons (Fsp3) is 0.0909. The monoisotopic (exact) mass is 400 g/mol. The molecular weight excluding hydrogens is 380 g/mol. The lowest BCUT2D eigenvalue weighted by atomic mass is 9.99. The third-order valence-corrected chi connectivity index (χ3v) is 4.63. The third kappa shape index (κ3) is 4.12. The van der Waals surface area contributed by atoms with Crippen molar-refractivity contribution in [1.82, 2.24) is 25.1 Å². The van der Waals surface area contributed by atoms with E-state index in [2.05, 4.69) is 21.1 Å². The zero-order chi connectivity index (χ0) is 20.9. The number of aryl methyl sites for hydroxylation is 1. The quantitative estimate of drug-likeness (QED) is 0.539. The van der Waals surface area contributed by atoms with Gasteiger partial charge in [0.15, 0.2) is 0 Å². The highest BCUT2D eigenvalue weighted by Gasteiger charge is 2.16. The van der Waals surface area contributed by atoms with Crippen LogP contribution in [0.3, 0.4) is 0 Å². The van der Waals surface area contributed by atoms with Crippen LogP contribution in [0.1, 0.15) is 17.2 Å². The van der Waals surface area contributed by atoms with Gasteiger partial charge in [-0.05, 0) is 45.8 Å². The van der Waals surface area contributed by atoms with Gasteiger partial charge < -0.3 is 10.6 Å². The Hall–Kier alpha value is -4.20. The molecule has 0 radical (unpaired) electrons. The fourth-order valence-corrected chi connectivity index (χ4v) is 3.11. The lowest BCUT2D eigenvalue weighted by Crippen LogP contribution is -2.33. The predicted octanol–water partition coefficient (Wildman–Crippen LogP) is 2.88. The average Bonchev–Trinajstić information content (AvgIpc) is 3.12. The molecule has 4 rings (SSSR count). The number of nitrogens with one attached hydrogen (secondary N) is 2. The molecular formula is C22H20N6O2. The summed E-state index contributed by atoms with van der Waals surface area (Å²) in [6.07, 6.45) is 0. The van der Waals surface area contributed by atoms with Crippen LogP contribution in [0.2, 0.25) is 0 Å². The fourth-order valence-electron chi connectivity index (χ4n) is 3.11. The molecule has 0 saturated carbocycles. The summed E-state index contributed by atoms with van der Waals surface area (Å²) in [6, 6.07) is 25.7. The highest BCUT2D eigenvalue weighted by Crippen LogP contribution is 2.22. The zero-order valence-corrected chi connectivity index (χ0v) is 16.3. The molecule has 0 atom stereocenters. The minimum atomic E-state index is -0.345. The summed E-state index contributed by atoms with van der Waals surface area (Å²) in [5.74, 6) is 0. The van der Waals surface area contributed by atoms with E-state index in [1.165, 1.54) is 11.7 Å². The first-order valence-corrected chi connectivity index (χ1v) is 9.39. The summed E-state index contributed by atoms with van der Waals surface area (Å²) >= 11 is 0. The number of aromatic nitrogens is 4. The molecule has 3 aromatic carbocycles. The van der Waals surface area contributed by atoms with Crippen molar-refractivity contribution in [1.29, 1.82) is 0 Å². The number of rotatable bonds is 5. The summed E-state index contributed by atoms with van der Waals surface area (Å²) in [5, 5.41) is 13.3. The lowest BCUT2D eigenvalue weighted by Gasteiger charge is -2.20. The molecule has 4 aromatic rings. The zero-order valence-electron chi connectivity index (χ0n) is 16.3. The normalized spacial score (nSPS) is 10.7. The van der Waals surface area contributed by atoms with Crippen LogP contribution in [0.15, 0.2) is 89.7 Å². The summed E-state index contributed by atoms with van der Waals surface area (Å²) < 4.78 is 2.33. The second-order valence-electron chi connectivity index (χ2n) is 6.70. The van der Waals surface area contributed by atoms with Crippen molar-refractivity contribution in [2.45, 2.75) is 6.04 Å². The van der Waals surface area contributed by atoms with Gasteiger partial charge in [0, 0.05) is 12.7 Å². The average molecular weight is 400 g/mol. The largest absolute Gasteiger partial charge is 0.368 e. The topological polar surface area (TPSA) is 93.8 Å². The lowest BCUT2D eigenvalue weighted by molar-refractivity contribution is 0.250. The SMILES string of the molecule is Cn1nnn(-c2ccc(NC(=O)NC(c3ccccc3)c3ccccc3)cc2)c1=O. The van der Waals surface area contributed by atoms with E-state index in [1.807, 2.05) is 60.7 Å². The molecule has 0 aliphatic carbocycles. The van der Waals surface area contributed by atoms with E-state index in [9.17, 15) is 9.59 Å². The Balaban J connectivity index is 1.50. The second kappa shape index (κ2) is 8.44. The van der Waals surface area contributed by atoms with E-state index < -0.39 is 0 Å². The Morgan fingerprint density at radius 3 is 1.90 bits per heavy atom. The molecule has 0 fully saturated rings. The van der Waals surface area contributed by atoms with Crippen LogP contribution in [0, 0.1) is 0 Å². The van der Waals surface area contributed by atoms with Gasteiger partial charge in [-0.2, -0.15) is 9.36 Å². The number of benzene rings is 3. The van der Waals surface area contributed by atoms with Crippen molar-refractivity contribution in [3.63, 3.8) is 0 Å². The first-order valence-electron chi connectivity index (χ1n) is 9.39. The summed E-state index contributed by atoms with van der Waals surface area (Å²) in [5.41, 5.74) is 2.77. The number of carbonyl (C=O) groups excluding carboxylic acids is 1. The molecule has 1 heterocycles. The van der Waals surface area contributed by atoms with Gasteiger partial charge in [-0.3, -0.25) is 0 Å². The number of tetrazole rings is 1. The standard InChI is InChI=1S/C22H20N6O2/c1-27-22(30)28(26-25-27)19-14-12-18(13-15-19)23-21(29)24-20(16-8-4-2-5-9-16)17-10-6-3-7-11-17/h2-15,20H,1H3,(H2,23,24,29).